The predicted molar refractivity (Wildman–Crippen MR) is 50.3 cm³/mol. The summed E-state index contributed by atoms with van der Waals surface area (Å²) in [7, 11) is 1.42. The van der Waals surface area contributed by atoms with Crippen LogP contribution in [0.25, 0.3) is 0 Å². The smallest absolute Gasteiger partial charge is 0.378 e. The lowest BCUT2D eigenvalue weighted by molar-refractivity contribution is -0.143. The molecule has 1 rings (SSSR count). The topological polar surface area (TPSA) is 27.1 Å². The van der Waals surface area contributed by atoms with Gasteiger partial charge in [0.2, 0.25) is 0 Å². The monoisotopic (exact) mass is 224 g/mol. The largest absolute Gasteiger partial charge is 0.408 e. The average Bonchev–Trinajstić information content (AvgIpc) is 2.54. The molecule has 88 valence electrons. The summed E-state index contributed by atoms with van der Waals surface area (Å²) in [4.78, 5) is 0. The molecule has 0 spiro atoms. The summed E-state index contributed by atoms with van der Waals surface area (Å²) in [5, 5.41) is 3.54. The number of hydrogen-bond acceptors (Lipinski definition) is 2. The van der Waals surface area contributed by atoms with Crippen LogP contribution in [0.3, 0.4) is 0 Å². The van der Waals surface area contributed by atoms with E-state index in [9.17, 15) is 13.2 Å². The van der Waals surface area contributed by atoms with Crippen molar-refractivity contribution < 1.29 is 17.9 Å². The van der Waals surface area contributed by atoms with Gasteiger partial charge in [-0.25, -0.2) is 0 Å². The van der Waals surface area contributed by atoms with E-state index in [1.807, 2.05) is 13.8 Å². The van der Waals surface area contributed by atoms with Crippen LogP contribution in [0.4, 0.5) is 13.2 Å². The van der Waals surface area contributed by atoms with Crippen molar-refractivity contribution in [3.05, 3.63) is 18.0 Å². The standard InChI is InChI=1S/C7H9F3N2O.C2H6/c1-13-4-6-2-3-11-12(6)5-7(8,9)10;1-2/h2-3H,4-5H2,1H3;1-2H3. The Morgan fingerprint density at radius 2 is 2.00 bits per heavy atom. The maximum absolute atomic E-state index is 11.9. The van der Waals surface area contributed by atoms with E-state index in [-0.39, 0.29) is 6.61 Å². The summed E-state index contributed by atoms with van der Waals surface area (Å²) in [5.74, 6) is 0. The Hall–Kier alpha value is -1.04. The van der Waals surface area contributed by atoms with E-state index in [1.54, 1.807) is 0 Å². The quantitative estimate of drug-likeness (QED) is 0.789. The third kappa shape index (κ3) is 5.41. The zero-order valence-electron chi connectivity index (χ0n) is 9.01. The lowest BCUT2D eigenvalue weighted by atomic mass is 10.4. The zero-order chi connectivity index (χ0) is 11.9. The molecular weight excluding hydrogens is 209 g/mol. The predicted octanol–water partition coefficient (Wildman–Crippen LogP) is 2.62. The van der Waals surface area contributed by atoms with E-state index >= 15 is 0 Å². The molecular formula is C9H15F3N2O. The molecule has 0 bridgehead atoms. The second-order valence-electron chi connectivity index (χ2n) is 2.53. The molecule has 0 aromatic carbocycles. The van der Waals surface area contributed by atoms with E-state index in [2.05, 4.69) is 5.10 Å². The molecule has 0 amide bonds. The summed E-state index contributed by atoms with van der Waals surface area (Å²) in [6, 6.07) is 1.50. The summed E-state index contributed by atoms with van der Waals surface area (Å²) in [6.07, 6.45) is -2.92. The molecule has 0 saturated heterocycles. The highest BCUT2D eigenvalue weighted by molar-refractivity contribution is 4.98. The van der Waals surface area contributed by atoms with Crippen molar-refractivity contribution in [3.8, 4) is 0 Å². The molecule has 3 nitrogen and oxygen atoms in total. The van der Waals surface area contributed by atoms with Gasteiger partial charge in [-0.05, 0) is 6.07 Å². The van der Waals surface area contributed by atoms with Crippen LogP contribution in [0.1, 0.15) is 19.5 Å². The van der Waals surface area contributed by atoms with Crippen molar-refractivity contribution in [1.29, 1.82) is 0 Å². The van der Waals surface area contributed by atoms with Gasteiger partial charge in [-0.15, -0.1) is 0 Å². The van der Waals surface area contributed by atoms with Crippen LogP contribution in [0.15, 0.2) is 12.3 Å². The van der Waals surface area contributed by atoms with Crippen molar-refractivity contribution in [3.63, 3.8) is 0 Å². The van der Waals surface area contributed by atoms with Gasteiger partial charge in [0, 0.05) is 13.3 Å². The molecule has 1 aromatic heterocycles. The zero-order valence-corrected chi connectivity index (χ0v) is 9.01. The number of ether oxygens (including phenoxy) is 1. The van der Waals surface area contributed by atoms with Crippen molar-refractivity contribution in [2.45, 2.75) is 33.2 Å². The Labute approximate surface area is 86.8 Å². The molecule has 1 aromatic rings. The summed E-state index contributed by atoms with van der Waals surface area (Å²) in [5.41, 5.74) is 0.417. The van der Waals surface area contributed by atoms with Gasteiger partial charge < -0.3 is 4.74 Å². The minimum atomic E-state index is -4.24. The van der Waals surface area contributed by atoms with Crippen LogP contribution in [0, 0.1) is 0 Å². The van der Waals surface area contributed by atoms with Crippen molar-refractivity contribution in [1.82, 2.24) is 9.78 Å². The van der Waals surface area contributed by atoms with Crippen LogP contribution in [0.5, 0.6) is 0 Å². The third-order valence-electron chi connectivity index (χ3n) is 1.43. The summed E-state index contributed by atoms with van der Waals surface area (Å²) in [6.45, 7) is 3.06. The summed E-state index contributed by atoms with van der Waals surface area (Å²) >= 11 is 0. The second kappa shape index (κ2) is 6.44. The van der Waals surface area contributed by atoms with Crippen LogP contribution in [-0.4, -0.2) is 23.1 Å². The van der Waals surface area contributed by atoms with Crippen LogP contribution in [-0.2, 0) is 17.9 Å². The lowest BCUT2D eigenvalue weighted by Crippen LogP contribution is -2.20. The molecule has 0 aliphatic rings. The van der Waals surface area contributed by atoms with Crippen molar-refractivity contribution in [2.75, 3.05) is 7.11 Å². The number of halogens is 3. The number of nitrogens with zero attached hydrogens (tertiary/aromatic N) is 2. The molecule has 0 saturated carbocycles. The Bertz CT molecular complexity index is 271. The van der Waals surface area contributed by atoms with Crippen LogP contribution in [0.2, 0.25) is 0 Å². The minimum absolute atomic E-state index is 0.135. The molecule has 1 heterocycles. The van der Waals surface area contributed by atoms with Crippen LogP contribution < -0.4 is 0 Å². The highest BCUT2D eigenvalue weighted by Crippen LogP contribution is 2.18. The first kappa shape index (κ1) is 14.0. The molecule has 0 unspecified atom stereocenters. The maximum Gasteiger partial charge on any atom is 0.408 e. The Morgan fingerprint density at radius 1 is 1.40 bits per heavy atom. The number of hydrogen-bond donors (Lipinski definition) is 0. The lowest BCUT2D eigenvalue weighted by Gasteiger charge is -2.09. The fraction of sp³-hybridized carbons (Fsp3) is 0.667. The highest BCUT2D eigenvalue weighted by atomic mass is 19.4. The molecule has 0 aliphatic heterocycles. The van der Waals surface area contributed by atoms with Gasteiger partial charge >= 0.3 is 6.18 Å². The Balaban J connectivity index is 0.000000921. The van der Waals surface area contributed by atoms with Gasteiger partial charge in [-0.3, -0.25) is 4.68 Å². The van der Waals surface area contributed by atoms with Gasteiger partial charge in [0.05, 0.1) is 12.3 Å². The van der Waals surface area contributed by atoms with Gasteiger partial charge in [-0.1, -0.05) is 13.8 Å². The fourth-order valence-electron chi connectivity index (χ4n) is 0.943. The molecule has 0 fully saturated rings. The van der Waals surface area contributed by atoms with E-state index in [4.69, 9.17) is 4.74 Å². The third-order valence-corrected chi connectivity index (χ3v) is 1.43. The number of rotatable bonds is 3. The minimum Gasteiger partial charge on any atom is -0.378 e. The molecule has 0 N–H and O–H groups in total. The van der Waals surface area contributed by atoms with Gasteiger partial charge in [0.15, 0.2) is 0 Å². The molecule has 0 radical (unpaired) electrons. The van der Waals surface area contributed by atoms with E-state index in [1.165, 1.54) is 19.4 Å². The van der Waals surface area contributed by atoms with Crippen molar-refractivity contribution in [2.24, 2.45) is 0 Å². The normalized spacial score (nSPS) is 10.8. The van der Waals surface area contributed by atoms with Crippen LogP contribution >= 0.6 is 0 Å². The van der Waals surface area contributed by atoms with E-state index < -0.39 is 12.7 Å². The van der Waals surface area contributed by atoms with E-state index in [0.29, 0.717) is 5.69 Å². The first-order valence-electron chi connectivity index (χ1n) is 4.59. The van der Waals surface area contributed by atoms with Gasteiger partial charge in [0.25, 0.3) is 0 Å². The highest BCUT2D eigenvalue weighted by Gasteiger charge is 2.29. The molecule has 15 heavy (non-hydrogen) atoms. The Morgan fingerprint density at radius 3 is 2.47 bits per heavy atom. The summed E-state index contributed by atoms with van der Waals surface area (Å²) < 4.78 is 41.4. The second-order valence-corrected chi connectivity index (χ2v) is 2.53. The number of aromatic nitrogens is 2. The molecule has 0 atom stereocenters. The van der Waals surface area contributed by atoms with Gasteiger partial charge in [0.1, 0.15) is 6.54 Å². The average molecular weight is 224 g/mol. The molecule has 6 heteroatoms. The number of methoxy groups -OCH3 is 1. The fourth-order valence-corrected chi connectivity index (χ4v) is 0.943. The van der Waals surface area contributed by atoms with E-state index in [0.717, 1.165) is 4.68 Å². The first-order valence-corrected chi connectivity index (χ1v) is 4.59. The SMILES string of the molecule is CC.COCc1ccnn1CC(F)(F)F. The first-order chi connectivity index (χ1) is 7.03. The van der Waals surface area contributed by atoms with Crippen molar-refractivity contribution >= 4 is 0 Å². The maximum atomic E-state index is 11.9. The van der Waals surface area contributed by atoms with Gasteiger partial charge in [-0.2, -0.15) is 18.3 Å². The molecule has 0 aliphatic carbocycles. The number of alkyl halides is 3. The Kier molecular flexibility index (Phi) is 6.00.